The molecule has 1 aromatic carbocycles. The molecule has 2 aromatic rings. The molecule has 1 aliphatic rings. The number of ether oxygens (including phenoxy) is 2. The van der Waals surface area contributed by atoms with E-state index in [0.29, 0.717) is 13.2 Å². The third-order valence-electron chi connectivity index (χ3n) is 4.12. The van der Waals surface area contributed by atoms with Crippen LogP contribution in [0.3, 0.4) is 0 Å². The average molecular weight is 329 g/mol. The molecule has 0 saturated heterocycles. The lowest BCUT2D eigenvalue weighted by Gasteiger charge is -2.07. The number of amides is 1. The second-order valence-electron chi connectivity index (χ2n) is 5.93. The summed E-state index contributed by atoms with van der Waals surface area (Å²) in [6.07, 6.45) is 4.50. The second-order valence-corrected chi connectivity index (χ2v) is 5.93. The minimum Gasteiger partial charge on any atom is -0.497 e. The van der Waals surface area contributed by atoms with Crippen LogP contribution in [0.5, 0.6) is 5.75 Å². The van der Waals surface area contributed by atoms with Crippen molar-refractivity contribution in [3.8, 4) is 5.75 Å². The lowest BCUT2D eigenvalue weighted by Crippen LogP contribution is -2.27. The van der Waals surface area contributed by atoms with Crippen LogP contribution in [0.4, 0.5) is 0 Å². The Hall–Kier alpha value is -2.34. The Bertz CT molecular complexity index is 656. The molecule has 1 aromatic heterocycles. The van der Waals surface area contributed by atoms with Crippen LogP contribution in [0.1, 0.15) is 35.6 Å². The third-order valence-corrected chi connectivity index (χ3v) is 4.12. The van der Waals surface area contributed by atoms with E-state index in [-0.39, 0.29) is 12.5 Å². The van der Waals surface area contributed by atoms with Crippen molar-refractivity contribution in [3.05, 3.63) is 47.0 Å². The van der Waals surface area contributed by atoms with E-state index in [4.69, 9.17) is 9.47 Å². The highest BCUT2D eigenvalue weighted by molar-refractivity contribution is 5.77. The topological polar surface area (TPSA) is 76.2 Å². The number of aromatic amines is 1. The van der Waals surface area contributed by atoms with Gasteiger partial charge in [0.05, 0.1) is 26.0 Å². The molecule has 1 aliphatic carbocycles. The van der Waals surface area contributed by atoms with Crippen LogP contribution in [0.15, 0.2) is 24.3 Å². The number of H-pyrrole nitrogens is 1. The molecule has 6 heteroatoms. The number of aryl methyl sites for hydroxylation is 2. The summed E-state index contributed by atoms with van der Waals surface area (Å²) in [5.41, 5.74) is 3.38. The number of aromatic nitrogens is 2. The molecule has 1 heterocycles. The number of benzene rings is 1. The van der Waals surface area contributed by atoms with Gasteiger partial charge in [0.15, 0.2) is 0 Å². The molecule has 0 saturated carbocycles. The van der Waals surface area contributed by atoms with E-state index < -0.39 is 0 Å². The molecule has 0 unspecified atom stereocenters. The predicted molar refractivity (Wildman–Crippen MR) is 89.7 cm³/mol. The molecule has 6 nitrogen and oxygen atoms in total. The zero-order valence-electron chi connectivity index (χ0n) is 13.9. The summed E-state index contributed by atoms with van der Waals surface area (Å²) in [4.78, 5) is 19.7. The fourth-order valence-electron chi connectivity index (χ4n) is 2.81. The van der Waals surface area contributed by atoms with E-state index in [2.05, 4.69) is 15.3 Å². The van der Waals surface area contributed by atoms with E-state index in [1.165, 1.54) is 18.5 Å². The van der Waals surface area contributed by atoms with E-state index in [1.54, 1.807) is 7.11 Å². The summed E-state index contributed by atoms with van der Waals surface area (Å²) in [5.74, 6) is 1.49. The van der Waals surface area contributed by atoms with E-state index in [1.807, 2.05) is 24.3 Å². The molecule has 3 rings (SSSR count). The van der Waals surface area contributed by atoms with Crippen molar-refractivity contribution in [2.24, 2.45) is 0 Å². The van der Waals surface area contributed by atoms with Crippen molar-refractivity contribution in [2.75, 3.05) is 13.7 Å². The zero-order valence-corrected chi connectivity index (χ0v) is 13.9. The highest BCUT2D eigenvalue weighted by Gasteiger charge is 2.14. The van der Waals surface area contributed by atoms with Gasteiger partial charge in [0, 0.05) is 5.69 Å². The summed E-state index contributed by atoms with van der Waals surface area (Å²) < 4.78 is 10.5. The number of nitrogens with zero attached hydrogens (tertiary/aromatic N) is 1. The molecule has 0 atom stereocenters. The first-order valence-corrected chi connectivity index (χ1v) is 8.28. The van der Waals surface area contributed by atoms with Gasteiger partial charge < -0.3 is 19.8 Å². The van der Waals surface area contributed by atoms with E-state index in [0.717, 1.165) is 35.7 Å². The number of rotatable bonds is 7. The van der Waals surface area contributed by atoms with Crippen molar-refractivity contribution in [3.63, 3.8) is 0 Å². The molecule has 0 aliphatic heterocycles. The minimum atomic E-state index is -0.141. The number of methoxy groups -OCH3 is 1. The molecular formula is C18H23N3O3. The quantitative estimate of drug-likeness (QED) is 0.816. The first kappa shape index (κ1) is 16.5. The van der Waals surface area contributed by atoms with Crippen LogP contribution >= 0.6 is 0 Å². The largest absolute Gasteiger partial charge is 0.497 e. The molecule has 1 amide bonds. The van der Waals surface area contributed by atoms with Gasteiger partial charge in [-0.05, 0) is 43.4 Å². The predicted octanol–water partition coefficient (Wildman–Crippen LogP) is 2.13. The lowest BCUT2D eigenvalue weighted by molar-refractivity contribution is -0.126. The van der Waals surface area contributed by atoms with Crippen LogP contribution in [-0.4, -0.2) is 29.6 Å². The van der Waals surface area contributed by atoms with Crippen molar-refractivity contribution in [2.45, 2.75) is 38.8 Å². The normalized spacial score (nSPS) is 13.4. The van der Waals surface area contributed by atoms with Crippen molar-refractivity contribution < 1.29 is 14.3 Å². The van der Waals surface area contributed by atoms with Gasteiger partial charge in [-0.3, -0.25) is 4.79 Å². The highest BCUT2D eigenvalue weighted by Crippen LogP contribution is 2.18. The maximum atomic E-state index is 11.9. The van der Waals surface area contributed by atoms with Crippen molar-refractivity contribution in [1.82, 2.24) is 15.3 Å². The van der Waals surface area contributed by atoms with E-state index in [9.17, 15) is 4.79 Å². The minimum absolute atomic E-state index is 0.0342. The number of carbonyl (C=O) groups excluding carboxylic acids is 1. The first-order chi connectivity index (χ1) is 11.7. The number of carbonyl (C=O) groups is 1. The molecule has 24 heavy (non-hydrogen) atoms. The number of hydrogen-bond acceptors (Lipinski definition) is 4. The third kappa shape index (κ3) is 4.35. The summed E-state index contributed by atoms with van der Waals surface area (Å²) in [5, 5.41) is 2.83. The maximum absolute atomic E-state index is 11.9. The zero-order chi connectivity index (χ0) is 16.8. The Morgan fingerprint density at radius 3 is 2.79 bits per heavy atom. The smallest absolute Gasteiger partial charge is 0.246 e. The Morgan fingerprint density at radius 1 is 1.25 bits per heavy atom. The highest BCUT2D eigenvalue weighted by atomic mass is 16.5. The molecule has 0 fully saturated rings. The average Bonchev–Trinajstić information content (AvgIpc) is 3.03. The van der Waals surface area contributed by atoms with Crippen LogP contribution in [-0.2, 0) is 35.5 Å². The maximum Gasteiger partial charge on any atom is 0.246 e. The van der Waals surface area contributed by atoms with Gasteiger partial charge in [0.2, 0.25) is 5.91 Å². The van der Waals surface area contributed by atoms with Crippen LogP contribution in [0.25, 0.3) is 0 Å². The van der Waals surface area contributed by atoms with Gasteiger partial charge in [0.1, 0.15) is 18.2 Å². The van der Waals surface area contributed by atoms with Crippen molar-refractivity contribution in [1.29, 1.82) is 0 Å². The molecule has 0 radical (unpaired) electrons. The number of imidazole rings is 1. The van der Waals surface area contributed by atoms with E-state index >= 15 is 0 Å². The fraction of sp³-hybridized carbons (Fsp3) is 0.444. The Balaban J connectivity index is 1.38. The van der Waals surface area contributed by atoms with Crippen LogP contribution in [0.2, 0.25) is 0 Å². The second kappa shape index (κ2) is 7.97. The fourth-order valence-corrected chi connectivity index (χ4v) is 2.81. The molecule has 0 spiro atoms. The van der Waals surface area contributed by atoms with Crippen LogP contribution < -0.4 is 10.1 Å². The standard InChI is InChI=1S/C18H23N3O3/c1-23-14-8-6-13(7-9-14)11-24-12-18(22)19-10-17-20-15-4-2-3-5-16(15)21-17/h6-9H,2-5,10-12H2,1H3,(H,19,22)(H,20,21). The Labute approximate surface area is 141 Å². The van der Waals surface area contributed by atoms with Crippen molar-refractivity contribution >= 4 is 5.91 Å². The van der Waals surface area contributed by atoms with Gasteiger partial charge in [0.25, 0.3) is 0 Å². The molecular weight excluding hydrogens is 306 g/mol. The summed E-state index contributed by atoms with van der Waals surface area (Å²) >= 11 is 0. The summed E-state index contributed by atoms with van der Waals surface area (Å²) in [6, 6.07) is 7.59. The molecule has 0 bridgehead atoms. The van der Waals surface area contributed by atoms with Gasteiger partial charge in [-0.15, -0.1) is 0 Å². The number of fused-ring (bicyclic) bond motifs is 1. The SMILES string of the molecule is COc1ccc(COCC(=O)NCc2nc3c([nH]2)CCCC3)cc1. The Kier molecular flexibility index (Phi) is 5.48. The van der Waals surface area contributed by atoms with Gasteiger partial charge in [-0.25, -0.2) is 4.98 Å². The number of hydrogen-bond donors (Lipinski definition) is 2. The Morgan fingerprint density at radius 2 is 2.04 bits per heavy atom. The van der Waals surface area contributed by atoms with Gasteiger partial charge in [-0.2, -0.15) is 0 Å². The van der Waals surface area contributed by atoms with Gasteiger partial charge in [-0.1, -0.05) is 12.1 Å². The molecule has 2 N–H and O–H groups in total. The summed E-state index contributed by atoms with van der Waals surface area (Å²) in [6.45, 7) is 0.844. The summed E-state index contributed by atoms with van der Waals surface area (Å²) in [7, 11) is 1.63. The lowest BCUT2D eigenvalue weighted by atomic mass is 10.0. The number of nitrogens with one attached hydrogen (secondary N) is 2. The van der Waals surface area contributed by atoms with Crippen LogP contribution in [0, 0.1) is 0 Å². The van der Waals surface area contributed by atoms with Gasteiger partial charge >= 0.3 is 0 Å². The first-order valence-electron chi connectivity index (χ1n) is 8.28. The molecule has 128 valence electrons. The monoisotopic (exact) mass is 329 g/mol.